The lowest BCUT2D eigenvalue weighted by molar-refractivity contribution is 0.617. The summed E-state index contributed by atoms with van der Waals surface area (Å²) in [5.74, 6) is 0.873. The van der Waals surface area contributed by atoms with Crippen molar-refractivity contribution >= 4 is 16.7 Å². The molecule has 1 aromatic carbocycles. The Kier molecular flexibility index (Phi) is 3.10. The number of imidazole rings is 1. The fourth-order valence-corrected chi connectivity index (χ4v) is 2.11. The molecule has 0 aliphatic carbocycles. The van der Waals surface area contributed by atoms with Crippen molar-refractivity contribution in [2.45, 2.75) is 19.5 Å². The molecule has 0 amide bonds. The summed E-state index contributed by atoms with van der Waals surface area (Å²) in [6.07, 6.45) is 7.15. The first-order valence-electron chi connectivity index (χ1n) is 6.25. The topological polar surface area (TPSA) is 55.6 Å². The standard InChI is InChI=1S/C14H15N5/c1-11(8-19-7-6-15-10-19)18-14-12-4-2-3-5-13(12)16-9-17-14/h2-7,9-11H,8H2,1H3,(H,16,17,18). The summed E-state index contributed by atoms with van der Waals surface area (Å²) in [7, 11) is 0. The van der Waals surface area contributed by atoms with E-state index in [-0.39, 0.29) is 6.04 Å². The van der Waals surface area contributed by atoms with E-state index in [1.807, 2.05) is 41.4 Å². The third-order valence-corrected chi connectivity index (χ3v) is 2.97. The van der Waals surface area contributed by atoms with Gasteiger partial charge in [0.2, 0.25) is 0 Å². The second kappa shape index (κ2) is 5.06. The summed E-state index contributed by atoms with van der Waals surface area (Å²) in [6, 6.07) is 8.25. The summed E-state index contributed by atoms with van der Waals surface area (Å²) >= 11 is 0. The van der Waals surface area contributed by atoms with Gasteiger partial charge >= 0.3 is 0 Å². The molecule has 0 saturated heterocycles. The van der Waals surface area contributed by atoms with Gasteiger partial charge in [-0.2, -0.15) is 0 Å². The smallest absolute Gasteiger partial charge is 0.137 e. The fraction of sp³-hybridized carbons (Fsp3) is 0.214. The molecule has 0 radical (unpaired) electrons. The lowest BCUT2D eigenvalue weighted by atomic mass is 10.2. The number of nitrogens with zero attached hydrogens (tertiary/aromatic N) is 4. The number of benzene rings is 1. The molecule has 5 nitrogen and oxygen atoms in total. The number of hydrogen-bond donors (Lipinski definition) is 1. The second-order valence-electron chi connectivity index (χ2n) is 4.54. The molecule has 0 fully saturated rings. The maximum atomic E-state index is 4.33. The number of rotatable bonds is 4. The van der Waals surface area contributed by atoms with Gasteiger partial charge < -0.3 is 9.88 Å². The molecule has 3 rings (SSSR count). The molecule has 0 aliphatic rings. The minimum absolute atomic E-state index is 0.257. The van der Waals surface area contributed by atoms with Gasteiger partial charge in [-0.05, 0) is 19.1 Å². The number of aromatic nitrogens is 4. The molecular formula is C14H15N5. The van der Waals surface area contributed by atoms with Crippen molar-refractivity contribution in [3.8, 4) is 0 Å². The van der Waals surface area contributed by atoms with E-state index in [4.69, 9.17) is 0 Å². The summed E-state index contributed by atoms with van der Waals surface area (Å²) < 4.78 is 2.04. The van der Waals surface area contributed by atoms with E-state index in [1.54, 1.807) is 12.5 Å². The molecule has 1 N–H and O–H groups in total. The lowest BCUT2D eigenvalue weighted by Gasteiger charge is -2.16. The van der Waals surface area contributed by atoms with Gasteiger partial charge in [0.15, 0.2) is 0 Å². The molecule has 96 valence electrons. The van der Waals surface area contributed by atoms with Crippen molar-refractivity contribution in [1.82, 2.24) is 19.5 Å². The van der Waals surface area contributed by atoms with Crippen LogP contribution >= 0.6 is 0 Å². The summed E-state index contributed by atoms with van der Waals surface area (Å²) in [5, 5.41) is 4.47. The van der Waals surface area contributed by atoms with Crippen molar-refractivity contribution in [3.63, 3.8) is 0 Å². The van der Waals surface area contributed by atoms with Crippen LogP contribution in [0.15, 0.2) is 49.3 Å². The maximum absolute atomic E-state index is 4.33. The largest absolute Gasteiger partial charge is 0.365 e. The monoisotopic (exact) mass is 253 g/mol. The zero-order valence-corrected chi connectivity index (χ0v) is 10.7. The summed E-state index contributed by atoms with van der Waals surface area (Å²) in [5.41, 5.74) is 0.954. The highest BCUT2D eigenvalue weighted by molar-refractivity contribution is 5.88. The van der Waals surface area contributed by atoms with E-state index in [0.29, 0.717) is 0 Å². The Morgan fingerprint density at radius 1 is 1.26 bits per heavy atom. The molecule has 0 bridgehead atoms. The van der Waals surface area contributed by atoms with Crippen LogP contribution in [0.4, 0.5) is 5.82 Å². The average Bonchev–Trinajstić information content (AvgIpc) is 2.92. The Hall–Kier alpha value is -2.43. The number of nitrogens with one attached hydrogen (secondary N) is 1. The molecule has 0 aliphatic heterocycles. The van der Waals surface area contributed by atoms with Crippen LogP contribution in [0.5, 0.6) is 0 Å². The summed E-state index contributed by atoms with van der Waals surface area (Å²) in [6.45, 7) is 2.97. The van der Waals surface area contributed by atoms with Crippen LogP contribution in [-0.4, -0.2) is 25.6 Å². The van der Waals surface area contributed by atoms with Crippen LogP contribution in [0.1, 0.15) is 6.92 Å². The van der Waals surface area contributed by atoms with Crippen LogP contribution in [0.2, 0.25) is 0 Å². The van der Waals surface area contributed by atoms with Crippen LogP contribution in [0.25, 0.3) is 10.9 Å². The molecule has 2 heterocycles. The first kappa shape index (κ1) is 11.6. The molecule has 1 atom stereocenters. The SMILES string of the molecule is CC(Cn1ccnc1)Nc1ncnc2ccccc12. The maximum Gasteiger partial charge on any atom is 0.137 e. The molecule has 19 heavy (non-hydrogen) atoms. The first-order chi connectivity index (χ1) is 9.33. The van der Waals surface area contributed by atoms with Gasteiger partial charge in [-0.1, -0.05) is 12.1 Å². The molecular weight excluding hydrogens is 238 g/mol. The van der Waals surface area contributed by atoms with Crippen molar-refractivity contribution in [2.75, 3.05) is 5.32 Å². The van der Waals surface area contributed by atoms with Gasteiger partial charge in [0.1, 0.15) is 12.1 Å². The van der Waals surface area contributed by atoms with E-state index >= 15 is 0 Å². The predicted molar refractivity (Wildman–Crippen MR) is 74.8 cm³/mol. The molecule has 0 saturated carbocycles. The van der Waals surface area contributed by atoms with Crippen molar-refractivity contribution < 1.29 is 0 Å². The van der Waals surface area contributed by atoms with E-state index in [1.165, 1.54) is 0 Å². The predicted octanol–water partition coefficient (Wildman–Crippen LogP) is 2.33. The molecule has 3 aromatic rings. The van der Waals surface area contributed by atoms with Crippen molar-refractivity contribution in [3.05, 3.63) is 49.3 Å². The second-order valence-corrected chi connectivity index (χ2v) is 4.54. The molecule has 1 unspecified atom stereocenters. The van der Waals surface area contributed by atoms with Gasteiger partial charge in [-0.25, -0.2) is 15.0 Å². The average molecular weight is 253 g/mol. The molecule has 2 aromatic heterocycles. The first-order valence-corrected chi connectivity index (χ1v) is 6.25. The van der Waals surface area contributed by atoms with E-state index in [9.17, 15) is 0 Å². The highest BCUT2D eigenvalue weighted by Crippen LogP contribution is 2.19. The van der Waals surface area contributed by atoms with Crippen LogP contribution < -0.4 is 5.32 Å². The fourth-order valence-electron chi connectivity index (χ4n) is 2.11. The zero-order valence-electron chi connectivity index (χ0n) is 10.7. The highest BCUT2D eigenvalue weighted by Gasteiger charge is 2.07. The highest BCUT2D eigenvalue weighted by atomic mass is 15.1. The third kappa shape index (κ3) is 2.54. The molecule has 0 spiro atoms. The summed E-state index contributed by atoms with van der Waals surface area (Å²) in [4.78, 5) is 12.6. The van der Waals surface area contributed by atoms with Crippen LogP contribution in [0.3, 0.4) is 0 Å². The van der Waals surface area contributed by atoms with Gasteiger partial charge in [-0.15, -0.1) is 0 Å². The van der Waals surface area contributed by atoms with Gasteiger partial charge in [0.05, 0.1) is 11.8 Å². The van der Waals surface area contributed by atoms with E-state index in [2.05, 4.69) is 27.2 Å². The number of para-hydroxylation sites is 1. The van der Waals surface area contributed by atoms with Gasteiger partial charge in [-0.3, -0.25) is 0 Å². The van der Waals surface area contributed by atoms with Crippen LogP contribution in [0, 0.1) is 0 Å². The Balaban J connectivity index is 1.81. The minimum atomic E-state index is 0.257. The third-order valence-electron chi connectivity index (χ3n) is 2.97. The Morgan fingerprint density at radius 3 is 3.00 bits per heavy atom. The lowest BCUT2D eigenvalue weighted by Crippen LogP contribution is -2.22. The number of fused-ring (bicyclic) bond motifs is 1. The minimum Gasteiger partial charge on any atom is -0.365 e. The van der Waals surface area contributed by atoms with Crippen molar-refractivity contribution in [1.29, 1.82) is 0 Å². The van der Waals surface area contributed by atoms with Gasteiger partial charge in [0, 0.05) is 30.4 Å². The van der Waals surface area contributed by atoms with Crippen molar-refractivity contribution in [2.24, 2.45) is 0 Å². The van der Waals surface area contributed by atoms with Crippen LogP contribution in [-0.2, 0) is 6.54 Å². The Bertz CT molecular complexity index is 657. The number of anilines is 1. The Morgan fingerprint density at radius 2 is 2.16 bits per heavy atom. The Labute approximate surface area is 111 Å². The quantitative estimate of drug-likeness (QED) is 0.775. The zero-order chi connectivity index (χ0) is 13.1. The number of hydrogen-bond acceptors (Lipinski definition) is 4. The van der Waals surface area contributed by atoms with E-state index < -0.39 is 0 Å². The molecule has 5 heteroatoms. The van der Waals surface area contributed by atoms with E-state index in [0.717, 1.165) is 23.3 Å². The van der Waals surface area contributed by atoms with Gasteiger partial charge in [0.25, 0.3) is 0 Å². The normalized spacial score (nSPS) is 12.5.